The molecule has 0 bridgehead atoms. The van der Waals surface area contributed by atoms with E-state index in [0.29, 0.717) is 16.1 Å². The maximum atomic E-state index is 11.8. The van der Waals surface area contributed by atoms with Crippen molar-refractivity contribution in [2.24, 2.45) is 0 Å². The standard InChI is InChI=1S/C13H14N2O3S2/c1-20(17,18)15-11-6-3-2-5-10(11)9-14-13(16)12-7-4-8-19-12/h2-8,15H,9H2,1H3,(H,14,16). The van der Waals surface area contributed by atoms with Gasteiger partial charge in [0.05, 0.1) is 16.8 Å². The minimum absolute atomic E-state index is 0.172. The summed E-state index contributed by atoms with van der Waals surface area (Å²) in [6.45, 7) is 0.259. The smallest absolute Gasteiger partial charge is 0.261 e. The van der Waals surface area contributed by atoms with Gasteiger partial charge in [-0.1, -0.05) is 24.3 Å². The summed E-state index contributed by atoms with van der Waals surface area (Å²) >= 11 is 1.36. The van der Waals surface area contributed by atoms with Crippen LogP contribution < -0.4 is 10.0 Å². The van der Waals surface area contributed by atoms with Crippen molar-refractivity contribution in [1.82, 2.24) is 5.32 Å². The van der Waals surface area contributed by atoms with E-state index >= 15 is 0 Å². The minimum Gasteiger partial charge on any atom is -0.347 e. The van der Waals surface area contributed by atoms with Gasteiger partial charge in [0.15, 0.2) is 0 Å². The number of nitrogens with one attached hydrogen (secondary N) is 2. The number of thiophene rings is 1. The van der Waals surface area contributed by atoms with E-state index in [9.17, 15) is 13.2 Å². The Hall–Kier alpha value is -1.86. The minimum atomic E-state index is -3.34. The van der Waals surface area contributed by atoms with Gasteiger partial charge in [-0.2, -0.15) is 0 Å². The van der Waals surface area contributed by atoms with Crippen LogP contribution in [0.25, 0.3) is 0 Å². The number of amides is 1. The molecule has 0 radical (unpaired) electrons. The molecule has 0 aliphatic heterocycles. The fourth-order valence-electron chi connectivity index (χ4n) is 1.64. The molecule has 2 N–H and O–H groups in total. The molecule has 0 spiro atoms. The number of hydrogen-bond donors (Lipinski definition) is 2. The normalized spacial score (nSPS) is 11.1. The summed E-state index contributed by atoms with van der Waals surface area (Å²) < 4.78 is 25.0. The molecule has 1 amide bonds. The maximum Gasteiger partial charge on any atom is 0.261 e. The summed E-state index contributed by atoms with van der Waals surface area (Å²) in [7, 11) is -3.34. The van der Waals surface area contributed by atoms with Gasteiger partial charge in [-0.3, -0.25) is 9.52 Å². The van der Waals surface area contributed by atoms with Gasteiger partial charge in [-0.15, -0.1) is 11.3 Å². The molecular formula is C13H14N2O3S2. The van der Waals surface area contributed by atoms with Crippen LogP contribution >= 0.6 is 11.3 Å². The molecule has 5 nitrogen and oxygen atoms in total. The van der Waals surface area contributed by atoms with Gasteiger partial charge in [-0.05, 0) is 23.1 Å². The fourth-order valence-corrected chi connectivity index (χ4v) is 2.88. The molecule has 7 heteroatoms. The Balaban J connectivity index is 2.08. The SMILES string of the molecule is CS(=O)(=O)Nc1ccccc1CNC(=O)c1cccs1. The monoisotopic (exact) mass is 310 g/mol. The van der Waals surface area contributed by atoms with Crippen LogP contribution in [0.1, 0.15) is 15.2 Å². The molecule has 0 saturated carbocycles. The van der Waals surface area contributed by atoms with Gasteiger partial charge < -0.3 is 5.32 Å². The molecule has 1 aromatic carbocycles. The van der Waals surface area contributed by atoms with Crippen LogP contribution in [0.15, 0.2) is 41.8 Å². The molecule has 1 aromatic heterocycles. The number of carbonyl (C=O) groups is 1. The van der Waals surface area contributed by atoms with Crippen molar-refractivity contribution in [3.8, 4) is 0 Å². The number of carbonyl (C=O) groups excluding carboxylic acids is 1. The third kappa shape index (κ3) is 4.07. The molecule has 20 heavy (non-hydrogen) atoms. The second-order valence-electron chi connectivity index (χ2n) is 4.19. The van der Waals surface area contributed by atoms with Crippen LogP contribution in [0.5, 0.6) is 0 Å². The van der Waals surface area contributed by atoms with Crippen LogP contribution in [-0.4, -0.2) is 20.6 Å². The second kappa shape index (κ2) is 6.06. The van der Waals surface area contributed by atoms with Crippen molar-refractivity contribution in [3.63, 3.8) is 0 Å². The Morgan fingerprint density at radius 2 is 1.95 bits per heavy atom. The van der Waals surface area contributed by atoms with Gasteiger partial charge in [0.2, 0.25) is 10.0 Å². The highest BCUT2D eigenvalue weighted by atomic mass is 32.2. The van der Waals surface area contributed by atoms with E-state index in [2.05, 4.69) is 10.0 Å². The number of rotatable bonds is 5. The van der Waals surface area contributed by atoms with Crippen molar-refractivity contribution in [2.45, 2.75) is 6.54 Å². The van der Waals surface area contributed by atoms with Crippen LogP contribution in [0.4, 0.5) is 5.69 Å². The molecule has 0 aliphatic rings. The first-order valence-electron chi connectivity index (χ1n) is 5.83. The largest absolute Gasteiger partial charge is 0.347 e. The number of para-hydroxylation sites is 1. The Kier molecular flexibility index (Phi) is 4.41. The number of sulfonamides is 1. The van der Waals surface area contributed by atoms with Gasteiger partial charge in [-0.25, -0.2) is 8.42 Å². The zero-order chi connectivity index (χ0) is 14.6. The zero-order valence-corrected chi connectivity index (χ0v) is 12.4. The summed E-state index contributed by atoms with van der Waals surface area (Å²) in [4.78, 5) is 12.5. The zero-order valence-electron chi connectivity index (χ0n) is 10.8. The van der Waals surface area contributed by atoms with Gasteiger partial charge in [0, 0.05) is 6.54 Å². The predicted molar refractivity (Wildman–Crippen MR) is 80.4 cm³/mol. The molecule has 0 saturated heterocycles. The lowest BCUT2D eigenvalue weighted by Gasteiger charge is -2.11. The topological polar surface area (TPSA) is 75.3 Å². The Morgan fingerprint density at radius 1 is 1.20 bits per heavy atom. The molecule has 1 heterocycles. The summed E-state index contributed by atoms with van der Waals surface area (Å²) in [5, 5.41) is 4.59. The van der Waals surface area contributed by atoms with E-state index in [1.54, 1.807) is 36.4 Å². The summed E-state index contributed by atoms with van der Waals surface area (Å²) in [6, 6.07) is 10.5. The molecule has 2 aromatic rings. The Bertz CT molecular complexity index is 694. The first-order chi connectivity index (χ1) is 9.46. The second-order valence-corrected chi connectivity index (χ2v) is 6.89. The van der Waals surface area contributed by atoms with Crippen LogP contribution in [-0.2, 0) is 16.6 Å². The maximum absolute atomic E-state index is 11.8. The van der Waals surface area contributed by atoms with Crippen molar-refractivity contribution >= 4 is 33.0 Å². The average Bonchev–Trinajstić information content (AvgIpc) is 2.89. The third-order valence-electron chi connectivity index (χ3n) is 2.50. The summed E-state index contributed by atoms with van der Waals surface area (Å²) in [5.41, 5.74) is 1.18. The Morgan fingerprint density at radius 3 is 2.60 bits per heavy atom. The highest BCUT2D eigenvalue weighted by molar-refractivity contribution is 7.92. The van der Waals surface area contributed by atoms with Gasteiger partial charge in [0.1, 0.15) is 0 Å². The molecule has 0 fully saturated rings. The van der Waals surface area contributed by atoms with E-state index < -0.39 is 10.0 Å². The lowest BCUT2D eigenvalue weighted by molar-refractivity contribution is 0.0955. The lowest BCUT2D eigenvalue weighted by atomic mass is 10.2. The van der Waals surface area contributed by atoms with Gasteiger partial charge in [0.25, 0.3) is 5.91 Å². The van der Waals surface area contributed by atoms with E-state index in [-0.39, 0.29) is 12.5 Å². The Labute approximate surface area is 121 Å². The lowest BCUT2D eigenvalue weighted by Crippen LogP contribution is -2.23. The number of hydrogen-bond acceptors (Lipinski definition) is 4. The number of anilines is 1. The van der Waals surface area contributed by atoms with E-state index in [1.807, 2.05) is 5.38 Å². The van der Waals surface area contributed by atoms with Gasteiger partial charge >= 0.3 is 0 Å². The van der Waals surface area contributed by atoms with Crippen LogP contribution in [0, 0.1) is 0 Å². The molecule has 0 aliphatic carbocycles. The molecule has 2 rings (SSSR count). The first kappa shape index (κ1) is 14.5. The third-order valence-corrected chi connectivity index (χ3v) is 3.96. The quantitative estimate of drug-likeness (QED) is 0.887. The summed E-state index contributed by atoms with van der Waals surface area (Å²) in [5.74, 6) is -0.172. The molecule has 106 valence electrons. The van der Waals surface area contributed by atoms with Crippen LogP contribution in [0.3, 0.4) is 0 Å². The van der Waals surface area contributed by atoms with E-state index in [0.717, 1.165) is 6.26 Å². The van der Waals surface area contributed by atoms with Crippen LogP contribution in [0.2, 0.25) is 0 Å². The van der Waals surface area contributed by atoms with Crippen molar-refractivity contribution < 1.29 is 13.2 Å². The van der Waals surface area contributed by atoms with E-state index in [1.165, 1.54) is 11.3 Å². The molecule has 0 unspecified atom stereocenters. The van der Waals surface area contributed by atoms with E-state index in [4.69, 9.17) is 0 Å². The molecule has 0 atom stereocenters. The first-order valence-corrected chi connectivity index (χ1v) is 8.60. The predicted octanol–water partition coefficient (Wildman–Crippen LogP) is 2.05. The average molecular weight is 310 g/mol. The van der Waals surface area contributed by atoms with Crippen molar-refractivity contribution in [2.75, 3.05) is 11.0 Å². The van der Waals surface area contributed by atoms with Crippen molar-refractivity contribution in [3.05, 3.63) is 52.2 Å². The fraction of sp³-hybridized carbons (Fsp3) is 0.154. The number of benzene rings is 1. The highest BCUT2D eigenvalue weighted by Gasteiger charge is 2.09. The van der Waals surface area contributed by atoms with Crippen molar-refractivity contribution in [1.29, 1.82) is 0 Å². The highest BCUT2D eigenvalue weighted by Crippen LogP contribution is 2.16. The molecular weight excluding hydrogens is 296 g/mol. The summed E-state index contributed by atoms with van der Waals surface area (Å²) in [6.07, 6.45) is 1.09.